The Hall–Kier alpha value is -2.08. The summed E-state index contributed by atoms with van der Waals surface area (Å²) in [5.41, 5.74) is 4.94. The fraction of sp³-hybridized carbons (Fsp3) is 0.385. The van der Waals surface area contributed by atoms with Crippen LogP contribution in [-0.2, 0) is 10.5 Å². The number of methoxy groups -OCH3 is 1. The second-order valence-electron chi connectivity index (χ2n) is 4.39. The number of benzene rings is 1. The number of hydrogen-bond donors (Lipinski definition) is 3. The summed E-state index contributed by atoms with van der Waals surface area (Å²) < 4.78 is 5.10. The molecule has 2 rings (SSSR count). The number of hydrogen-bond acceptors (Lipinski definition) is 5. The SMILES string of the molecule is CCCC(=O)NC1(O)C(N)=Nc2ccc(OC)cc21. The predicted molar refractivity (Wildman–Crippen MR) is 71.2 cm³/mol. The molecule has 0 radical (unpaired) electrons. The Morgan fingerprint density at radius 2 is 2.32 bits per heavy atom. The minimum atomic E-state index is -1.75. The number of fused-ring (bicyclic) bond motifs is 1. The van der Waals surface area contributed by atoms with Gasteiger partial charge in [-0.1, -0.05) is 6.92 Å². The number of amidine groups is 1. The van der Waals surface area contributed by atoms with Gasteiger partial charge in [0.15, 0.2) is 5.84 Å². The molecule has 6 nitrogen and oxygen atoms in total. The Labute approximate surface area is 111 Å². The molecule has 0 fully saturated rings. The van der Waals surface area contributed by atoms with Crippen LogP contribution in [0.1, 0.15) is 25.3 Å². The fourth-order valence-corrected chi connectivity index (χ4v) is 2.00. The molecule has 19 heavy (non-hydrogen) atoms. The van der Waals surface area contributed by atoms with Gasteiger partial charge in [-0.05, 0) is 24.6 Å². The van der Waals surface area contributed by atoms with E-state index >= 15 is 0 Å². The van der Waals surface area contributed by atoms with Crippen LogP contribution in [-0.4, -0.2) is 24.0 Å². The number of amides is 1. The maximum atomic E-state index is 11.7. The maximum Gasteiger partial charge on any atom is 0.226 e. The van der Waals surface area contributed by atoms with Gasteiger partial charge in [0.05, 0.1) is 12.8 Å². The Bertz CT molecular complexity index is 542. The first-order chi connectivity index (χ1) is 9.01. The summed E-state index contributed by atoms with van der Waals surface area (Å²) in [6.07, 6.45) is 0.999. The Morgan fingerprint density at radius 1 is 1.58 bits per heavy atom. The number of carbonyl (C=O) groups is 1. The average molecular weight is 263 g/mol. The van der Waals surface area contributed by atoms with E-state index in [4.69, 9.17) is 10.5 Å². The predicted octanol–water partition coefficient (Wildman–Crippen LogP) is 0.759. The lowest BCUT2D eigenvalue weighted by atomic mass is 10.0. The first kappa shape index (κ1) is 13.4. The molecule has 102 valence electrons. The highest BCUT2D eigenvalue weighted by molar-refractivity contribution is 6.00. The maximum absolute atomic E-state index is 11.7. The van der Waals surface area contributed by atoms with Gasteiger partial charge in [0.1, 0.15) is 5.75 Å². The van der Waals surface area contributed by atoms with E-state index in [2.05, 4.69) is 10.3 Å². The normalized spacial score (nSPS) is 20.7. The zero-order chi connectivity index (χ0) is 14.0. The van der Waals surface area contributed by atoms with Crippen molar-refractivity contribution in [2.75, 3.05) is 7.11 Å². The average Bonchev–Trinajstić information content (AvgIpc) is 2.61. The fourth-order valence-electron chi connectivity index (χ4n) is 2.00. The molecule has 1 aromatic carbocycles. The first-order valence-electron chi connectivity index (χ1n) is 6.07. The molecule has 6 heteroatoms. The highest BCUT2D eigenvalue weighted by atomic mass is 16.5. The van der Waals surface area contributed by atoms with Crippen LogP contribution in [0.15, 0.2) is 23.2 Å². The van der Waals surface area contributed by atoms with E-state index in [9.17, 15) is 9.90 Å². The molecule has 1 aromatic rings. The van der Waals surface area contributed by atoms with Crippen LogP contribution in [0.4, 0.5) is 5.69 Å². The highest BCUT2D eigenvalue weighted by Gasteiger charge is 2.42. The van der Waals surface area contributed by atoms with Crippen molar-refractivity contribution in [2.45, 2.75) is 25.5 Å². The second kappa shape index (κ2) is 4.89. The first-order valence-corrected chi connectivity index (χ1v) is 6.07. The number of aliphatic imine (C=N–C) groups is 1. The van der Waals surface area contributed by atoms with E-state index in [-0.39, 0.29) is 11.7 Å². The van der Waals surface area contributed by atoms with Crippen LogP contribution < -0.4 is 15.8 Å². The van der Waals surface area contributed by atoms with E-state index in [0.717, 1.165) is 0 Å². The number of nitrogens with zero attached hydrogens (tertiary/aromatic N) is 1. The van der Waals surface area contributed by atoms with Crippen LogP contribution in [0.5, 0.6) is 5.75 Å². The van der Waals surface area contributed by atoms with E-state index in [1.807, 2.05) is 6.92 Å². The van der Waals surface area contributed by atoms with Gasteiger partial charge in [-0.15, -0.1) is 0 Å². The van der Waals surface area contributed by atoms with Crippen molar-refractivity contribution in [3.8, 4) is 5.75 Å². The Morgan fingerprint density at radius 3 is 2.95 bits per heavy atom. The molecule has 1 aliphatic rings. The standard InChI is InChI=1S/C13H17N3O3/c1-3-4-11(17)16-13(18)9-7-8(19-2)5-6-10(9)15-12(13)14/h5-7,18H,3-4H2,1-2H3,(H2,14,15)(H,16,17). The third-order valence-electron chi connectivity index (χ3n) is 3.00. The molecular weight excluding hydrogens is 246 g/mol. The lowest BCUT2D eigenvalue weighted by molar-refractivity contribution is -0.126. The summed E-state index contributed by atoms with van der Waals surface area (Å²) in [5, 5.41) is 13.1. The van der Waals surface area contributed by atoms with Gasteiger partial charge < -0.3 is 20.9 Å². The van der Waals surface area contributed by atoms with Crippen LogP contribution in [0.25, 0.3) is 0 Å². The highest BCUT2D eigenvalue weighted by Crippen LogP contribution is 2.37. The van der Waals surface area contributed by atoms with Crippen molar-refractivity contribution in [3.63, 3.8) is 0 Å². The Balaban J connectivity index is 2.37. The monoisotopic (exact) mass is 263 g/mol. The van der Waals surface area contributed by atoms with Crippen molar-refractivity contribution >= 4 is 17.4 Å². The van der Waals surface area contributed by atoms with E-state index in [1.54, 1.807) is 18.2 Å². The smallest absolute Gasteiger partial charge is 0.226 e. The summed E-state index contributed by atoms with van der Waals surface area (Å²) in [6, 6.07) is 5.02. The molecular formula is C13H17N3O3. The quantitative estimate of drug-likeness (QED) is 0.698. The van der Waals surface area contributed by atoms with Gasteiger partial charge in [0.25, 0.3) is 0 Å². The molecule has 0 saturated carbocycles. The summed E-state index contributed by atoms with van der Waals surface area (Å²) in [6.45, 7) is 1.88. The number of carbonyl (C=O) groups excluding carboxylic acids is 1. The summed E-state index contributed by atoms with van der Waals surface area (Å²) in [5.74, 6) is 0.242. The third-order valence-corrected chi connectivity index (χ3v) is 3.00. The van der Waals surface area contributed by atoms with Crippen LogP contribution in [0.3, 0.4) is 0 Å². The molecule has 0 bridgehead atoms. The molecule has 1 heterocycles. The largest absolute Gasteiger partial charge is 0.497 e. The minimum absolute atomic E-state index is 0.0415. The molecule has 0 spiro atoms. The van der Waals surface area contributed by atoms with Gasteiger partial charge in [0, 0.05) is 12.0 Å². The Kier molecular flexibility index (Phi) is 3.44. The van der Waals surface area contributed by atoms with Crippen LogP contribution >= 0.6 is 0 Å². The van der Waals surface area contributed by atoms with Gasteiger partial charge in [-0.2, -0.15) is 0 Å². The van der Waals surface area contributed by atoms with Gasteiger partial charge in [-0.25, -0.2) is 4.99 Å². The summed E-state index contributed by atoms with van der Waals surface area (Å²) in [7, 11) is 1.52. The molecule has 4 N–H and O–H groups in total. The number of ether oxygens (including phenoxy) is 1. The number of rotatable bonds is 4. The number of nitrogens with two attached hydrogens (primary N) is 1. The van der Waals surface area contributed by atoms with Crippen molar-refractivity contribution < 1.29 is 14.6 Å². The van der Waals surface area contributed by atoms with Crippen molar-refractivity contribution in [1.82, 2.24) is 5.32 Å². The molecule has 0 aromatic heterocycles. The van der Waals surface area contributed by atoms with Crippen molar-refractivity contribution in [3.05, 3.63) is 23.8 Å². The van der Waals surface area contributed by atoms with E-state index < -0.39 is 5.72 Å². The lowest BCUT2D eigenvalue weighted by Crippen LogP contribution is -2.53. The van der Waals surface area contributed by atoms with Crippen molar-refractivity contribution in [2.24, 2.45) is 10.7 Å². The molecule has 0 aliphatic carbocycles. The topological polar surface area (TPSA) is 96.9 Å². The molecule has 1 aliphatic heterocycles. The van der Waals surface area contributed by atoms with E-state index in [0.29, 0.717) is 29.8 Å². The molecule has 1 unspecified atom stereocenters. The van der Waals surface area contributed by atoms with Crippen LogP contribution in [0, 0.1) is 0 Å². The third kappa shape index (κ3) is 2.26. The number of nitrogens with one attached hydrogen (secondary N) is 1. The van der Waals surface area contributed by atoms with Gasteiger partial charge in [-0.3, -0.25) is 4.79 Å². The van der Waals surface area contributed by atoms with Gasteiger partial charge >= 0.3 is 0 Å². The molecule has 1 atom stereocenters. The zero-order valence-electron chi connectivity index (χ0n) is 10.9. The van der Waals surface area contributed by atoms with Gasteiger partial charge in [0.2, 0.25) is 11.6 Å². The molecule has 0 saturated heterocycles. The van der Waals surface area contributed by atoms with Crippen LogP contribution in [0.2, 0.25) is 0 Å². The second-order valence-corrected chi connectivity index (χ2v) is 4.39. The summed E-state index contributed by atoms with van der Waals surface area (Å²) >= 11 is 0. The van der Waals surface area contributed by atoms with E-state index in [1.165, 1.54) is 7.11 Å². The number of aliphatic hydroxyl groups is 1. The molecule has 1 amide bonds. The summed E-state index contributed by atoms with van der Waals surface area (Å²) in [4.78, 5) is 15.8. The minimum Gasteiger partial charge on any atom is -0.497 e. The van der Waals surface area contributed by atoms with Crippen molar-refractivity contribution in [1.29, 1.82) is 0 Å². The zero-order valence-corrected chi connectivity index (χ0v) is 10.9. The lowest BCUT2D eigenvalue weighted by Gasteiger charge is -2.25.